The first-order valence-electron chi connectivity index (χ1n) is 2.10. The van der Waals surface area contributed by atoms with Crippen molar-refractivity contribution in [3.8, 4) is 0 Å². The molecule has 0 rings (SSSR count). The Labute approximate surface area is 61.2 Å². The topological polar surface area (TPSA) is 91.7 Å². The zero-order chi connectivity index (χ0) is 8.15. The molecule has 0 aliphatic rings. The Bertz CT molecular complexity index is 178. The summed E-state index contributed by atoms with van der Waals surface area (Å²) in [5.41, 5.74) is 0. The molecule has 0 saturated carbocycles. The number of carbonyl (C=O) groups is 2. The summed E-state index contributed by atoms with van der Waals surface area (Å²) in [4.78, 5) is 20.0. The monoisotopic (exact) mass is 183 g/mol. The Kier molecular flexibility index (Phi) is 4.18. The maximum absolute atomic E-state index is 10.3. The summed E-state index contributed by atoms with van der Waals surface area (Å²) in [6.45, 7) is 0. The quantitative estimate of drug-likeness (QED) is 0.376. The Hall–Kier alpha value is -0.450. The first-order chi connectivity index (χ1) is 4.57. The highest BCUT2D eigenvalue weighted by Gasteiger charge is 2.26. The van der Waals surface area contributed by atoms with Crippen molar-refractivity contribution in [3.05, 3.63) is 0 Å². The number of carboxylic acid groups (broad SMARTS) is 1. The van der Waals surface area contributed by atoms with Crippen LogP contribution in [0.4, 0.5) is 0 Å². The fraction of sp³-hybridized carbons (Fsp3) is 0.333. The van der Waals surface area contributed by atoms with E-state index in [1.807, 2.05) is 0 Å². The van der Waals surface area contributed by atoms with Gasteiger partial charge in [-0.2, -0.15) is 0 Å². The first kappa shape index (κ1) is 9.55. The molecule has 0 aliphatic carbocycles. The second-order valence-electron chi connectivity index (χ2n) is 1.30. The van der Waals surface area contributed by atoms with Crippen LogP contribution in [0.3, 0.4) is 0 Å². The summed E-state index contributed by atoms with van der Waals surface area (Å²) in [7, 11) is -2.16. The molecule has 2 N–H and O–H groups in total. The number of ketones is 1. The Morgan fingerprint density at radius 1 is 1.50 bits per heavy atom. The SMILES string of the molecule is O=C(O)C(=O)C[P+](=O)SO. The normalized spacial score (nSPS) is 10.7. The van der Waals surface area contributed by atoms with Gasteiger partial charge >= 0.3 is 13.0 Å². The molecule has 0 aromatic rings. The smallest absolute Gasteiger partial charge is 0.448 e. The molecule has 0 aromatic carbocycles. The lowest BCUT2D eigenvalue weighted by atomic mass is 10.5. The molecular formula is C3H4O5PS+. The van der Waals surface area contributed by atoms with Gasteiger partial charge in [-0.05, 0) is 0 Å². The third-order valence-electron chi connectivity index (χ3n) is 0.602. The molecule has 0 bridgehead atoms. The van der Waals surface area contributed by atoms with Crippen molar-refractivity contribution in [2.75, 3.05) is 6.16 Å². The van der Waals surface area contributed by atoms with Crippen LogP contribution >= 0.6 is 18.7 Å². The van der Waals surface area contributed by atoms with Gasteiger partial charge in [0.15, 0.2) is 0 Å². The van der Waals surface area contributed by atoms with Gasteiger partial charge in [-0.1, -0.05) is 4.57 Å². The van der Waals surface area contributed by atoms with Gasteiger partial charge in [0, 0.05) is 0 Å². The molecule has 1 atom stereocenters. The van der Waals surface area contributed by atoms with Crippen LogP contribution in [0.2, 0.25) is 0 Å². The average Bonchev–Trinajstić information content (AvgIpc) is 1.87. The fourth-order valence-corrected chi connectivity index (χ4v) is 1.17. The van der Waals surface area contributed by atoms with Gasteiger partial charge in [-0.25, -0.2) is 4.79 Å². The second kappa shape index (κ2) is 4.38. The van der Waals surface area contributed by atoms with Gasteiger partial charge in [-0.3, -0.25) is 9.35 Å². The van der Waals surface area contributed by atoms with E-state index in [-0.39, 0.29) is 11.7 Å². The predicted molar refractivity (Wildman–Crippen MR) is 35.3 cm³/mol. The molecule has 0 saturated heterocycles. The largest absolute Gasteiger partial charge is 0.475 e. The van der Waals surface area contributed by atoms with Gasteiger partial charge < -0.3 is 5.11 Å². The molecule has 0 aliphatic heterocycles. The van der Waals surface area contributed by atoms with Crippen LogP contribution in [0.25, 0.3) is 0 Å². The van der Waals surface area contributed by atoms with Crippen LogP contribution in [-0.4, -0.2) is 27.6 Å². The van der Waals surface area contributed by atoms with Gasteiger partial charge in [-0.15, -0.1) is 0 Å². The summed E-state index contributed by atoms with van der Waals surface area (Å²) in [6.07, 6.45) is -0.619. The third-order valence-corrected chi connectivity index (χ3v) is 2.26. The van der Waals surface area contributed by atoms with Gasteiger partial charge in [0.05, 0.1) is 0 Å². The van der Waals surface area contributed by atoms with Crippen molar-refractivity contribution in [3.63, 3.8) is 0 Å². The van der Waals surface area contributed by atoms with Crippen LogP contribution < -0.4 is 0 Å². The van der Waals surface area contributed by atoms with Crippen LogP contribution in [0.5, 0.6) is 0 Å². The second-order valence-corrected chi connectivity index (χ2v) is 4.16. The van der Waals surface area contributed by atoms with Gasteiger partial charge in [0.2, 0.25) is 6.16 Å². The standard InChI is InChI=1S/C3H3O5PS/c4-2(3(5)6)1-9(7)10-8/h1H2,(H-,5,6,8)/p+1. The Balaban J connectivity index is 3.80. The number of carboxylic acids is 1. The summed E-state index contributed by atoms with van der Waals surface area (Å²) in [5, 5.41) is 7.96. The number of hydrogen-bond acceptors (Lipinski definition) is 5. The van der Waals surface area contributed by atoms with Crippen LogP contribution in [0.15, 0.2) is 0 Å². The Morgan fingerprint density at radius 2 is 2.00 bits per heavy atom. The van der Waals surface area contributed by atoms with Crippen molar-refractivity contribution < 1.29 is 23.8 Å². The zero-order valence-corrected chi connectivity index (χ0v) is 6.39. The third kappa shape index (κ3) is 3.55. The number of carbonyl (C=O) groups excluding carboxylic acids is 1. The molecule has 0 amide bonds. The van der Waals surface area contributed by atoms with E-state index >= 15 is 0 Å². The highest BCUT2D eigenvalue weighted by atomic mass is 32.7. The van der Waals surface area contributed by atoms with Crippen LogP contribution in [-0.2, 0) is 14.2 Å². The molecule has 56 valence electrons. The summed E-state index contributed by atoms with van der Waals surface area (Å²) in [6, 6.07) is 0. The lowest BCUT2D eigenvalue weighted by molar-refractivity contribution is -0.147. The molecule has 5 nitrogen and oxygen atoms in total. The average molecular weight is 183 g/mol. The lowest BCUT2D eigenvalue weighted by Gasteiger charge is -1.79. The van der Waals surface area contributed by atoms with Crippen molar-refractivity contribution in [2.45, 2.75) is 0 Å². The molecule has 0 fully saturated rings. The number of rotatable bonds is 4. The predicted octanol–water partition coefficient (Wildman–Crippen LogP) is 0.589. The van der Waals surface area contributed by atoms with E-state index in [0.29, 0.717) is 0 Å². The highest BCUT2D eigenvalue weighted by Crippen LogP contribution is 2.33. The van der Waals surface area contributed by atoms with E-state index in [1.54, 1.807) is 0 Å². The molecule has 1 unspecified atom stereocenters. The van der Waals surface area contributed by atoms with Crippen molar-refractivity contribution in [1.29, 1.82) is 0 Å². The van der Waals surface area contributed by atoms with E-state index in [9.17, 15) is 14.2 Å². The minimum absolute atomic E-state index is 0.00440. The fourth-order valence-electron chi connectivity index (χ4n) is 0.214. The van der Waals surface area contributed by atoms with E-state index in [2.05, 4.69) is 0 Å². The first-order valence-corrected chi connectivity index (χ1v) is 4.92. The number of hydrogen-bond donors (Lipinski definition) is 2. The lowest BCUT2D eigenvalue weighted by Crippen LogP contribution is -2.14. The van der Waals surface area contributed by atoms with Crippen LogP contribution in [0, 0.1) is 0 Å². The van der Waals surface area contributed by atoms with Crippen molar-refractivity contribution >= 4 is 30.4 Å². The highest BCUT2D eigenvalue weighted by molar-refractivity contribution is 8.48. The van der Waals surface area contributed by atoms with Gasteiger partial charge in [0.1, 0.15) is 0 Å². The van der Waals surface area contributed by atoms with Crippen molar-refractivity contribution in [2.24, 2.45) is 0 Å². The molecule has 0 heterocycles. The number of aliphatic carboxylic acids is 1. The molecule has 0 radical (unpaired) electrons. The minimum atomic E-state index is -2.16. The molecule has 0 aromatic heterocycles. The maximum Gasteiger partial charge on any atom is 0.448 e. The molecule has 10 heavy (non-hydrogen) atoms. The van der Waals surface area contributed by atoms with Gasteiger partial charge in [0.25, 0.3) is 17.4 Å². The Morgan fingerprint density at radius 3 is 2.30 bits per heavy atom. The summed E-state index contributed by atoms with van der Waals surface area (Å²) < 4.78 is 18.4. The maximum atomic E-state index is 10.3. The summed E-state index contributed by atoms with van der Waals surface area (Å²) in [5.74, 6) is -2.78. The van der Waals surface area contributed by atoms with Crippen molar-refractivity contribution in [1.82, 2.24) is 0 Å². The molecule has 0 spiro atoms. The number of Topliss-reactive ketones (excluding diaryl/α,β-unsaturated/α-hetero) is 1. The van der Waals surface area contributed by atoms with E-state index in [0.717, 1.165) is 0 Å². The molecule has 7 heteroatoms. The zero-order valence-electron chi connectivity index (χ0n) is 4.68. The van der Waals surface area contributed by atoms with Crippen LogP contribution in [0.1, 0.15) is 0 Å². The van der Waals surface area contributed by atoms with E-state index in [4.69, 9.17) is 9.66 Å². The van der Waals surface area contributed by atoms with E-state index < -0.39 is 24.9 Å². The summed E-state index contributed by atoms with van der Waals surface area (Å²) >= 11 is -0.00440. The minimum Gasteiger partial charge on any atom is -0.475 e. The molecular weight excluding hydrogens is 179 g/mol. The van der Waals surface area contributed by atoms with E-state index in [1.165, 1.54) is 0 Å².